The van der Waals surface area contributed by atoms with Gasteiger partial charge in [-0.05, 0) is 42.8 Å². The lowest BCUT2D eigenvalue weighted by atomic mass is 10.1. The molecule has 9 nitrogen and oxygen atoms in total. The van der Waals surface area contributed by atoms with Gasteiger partial charge in [-0.3, -0.25) is 10.1 Å². The molecule has 0 fully saturated rings. The molecule has 1 atom stereocenters. The van der Waals surface area contributed by atoms with Crippen molar-refractivity contribution in [1.29, 1.82) is 0 Å². The number of unbranched alkanes of at least 4 members (excludes halogenated alkanes) is 1. The Bertz CT molecular complexity index is 1140. The average molecular weight is 504 g/mol. The normalized spacial score (nSPS) is 15.0. The highest BCUT2D eigenvalue weighted by atomic mass is 79.9. The molecule has 0 radical (unpaired) electrons. The first kappa shape index (κ1) is 21.3. The van der Waals surface area contributed by atoms with Gasteiger partial charge >= 0.3 is 5.88 Å². The molecule has 160 valence electrons. The van der Waals surface area contributed by atoms with E-state index in [0.717, 1.165) is 34.3 Å². The number of nitrogens with zero attached hydrogens (tertiary/aromatic N) is 4. The van der Waals surface area contributed by atoms with Crippen molar-refractivity contribution in [3.05, 3.63) is 56.8 Å². The van der Waals surface area contributed by atoms with Crippen LogP contribution >= 0.6 is 27.7 Å². The Morgan fingerprint density at radius 3 is 2.97 bits per heavy atom. The maximum Gasteiger partial charge on any atom is 0.433 e. The third-order valence-electron chi connectivity index (χ3n) is 4.37. The molecule has 1 aliphatic heterocycles. The molecule has 4 rings (SSSR count). The van der Waals surface area contributed by atoms with E-state index in [0.29, 0.717) is 22.5 Å². The number of hydrogen-bond acceptors (Lipinski definition) is 9. The van der Waals surface area contributed by atoms with Gasteiger partial charge in [0.2, 0.25) is 11.0 Å². The Hall–Kier alpha value is -2.92. The van der Waals surface area contributed by atoms with Crippen LogP contribution in [0.15, 0.2) is 50.5 Å². The van der Waals surface area contributed by atoms with Crippen molar-refractivity contribution in [1.82, 2.24) is 15.2 Å². The van der Waals surface area contributed by atoms with Gasteiger partial charge in [-0.2, -0.15) is 4.98 Å². The third-order valence-corrected chi connectivity index (χ3v) is 5.78. The van der Waals surface area contributed by atoms with E-state index >= 15 is 0 Å². The average Bonchev–Trinajstić information content (AvgIpc) is 3.17. The lowest BCUT2D eigenvalue weighted by Crippen LogP contribution is -2.23. The van der Waals surface area contributed by atoms with Crippen LogP contribution in [0.3, 0.4) is 0 Å². The van der Waals surface area contributed by atoms with Crippen LogP contribution in [-0.4, -0.2) is 32.1 Å². The molecule has 31 heavy (non-hydrogen) atoms. The summed E-state index contributed by atoms with van der Waals surface area (Å²) in [6.45, 7) is 2.13. The summed E-state index contributed by atoms with van der Waals surface area (Å²) in [6.07, 6.45) is 4.86. The first-order valence-electron chi connectivity index (χ1n) is 9.56. The fourth-order valence-corrected chi connectivity index (χ4v) is 4.08. The fourth-order valence-electron chi connectivity index (χ4n) is 2.86. The minimum absolute atomic E-state index is 0.319. The molecule has 0 aliphatic carbocycles. The van der Waals surface area contributed by atoms with E-state index in [1.54, 1.807) is 12.2 Å². The van der Waals surface area contributed by atoms with Gasteiger partial charge in [0.15, 0.2) is 11.9 Å². The van der Waals surface area contributed by atoms with E-state index in [1.807, 2.05) is 18.2 Å². The van der Waals surface area contributed by atoms with Crippen LogP contribution < -0.4 is 10.1 Å². The first-order chi connectivity index (χ1) is 15.0. The number of hydrogen-bond donors (Lipinski definition) is 1. The molecular formula is C20H18BrN5O4S. The lowest BCUT2D eigenvalue weighted by molar-refractivity contribution is -0.402. The van der Waals surface area contributed by atoms with E-state index < -0.39 is 11.2 Å². The molecule has 11 heteroatoms. The lowest BCUT2D eigenvalue weighted by Gasteiger charge is -2.15. The summed E-state index contributed by atoms with van der Waals surface area (Å²) in [4.78, 5) is 14.8. The molecule has 1 aliphatic rings. The maximum absolute atomic E-state index is 10.8. The Labute approximate surface area is 190 Å². The number of nitro groups is 1. The highest BCUT2D eigenvalue weighted by Gasteiger charge is 2.24. The Kier molecular flexibility index (Phi) is 6.52. The highest BCUT2D eigenvalue weighted by Crippen LogP contribution is 2.38. The summed E-state index contributed by atoms with van der Waals surface area (Å²) < 4.78 is 12.2. The number of anilines is 1. The van der Waals surface area contributed by atoms with Crippen molar-refractivity contribution in [2.24, 2.45) is 0 Å². The molecular weight excluding hydrogens is 486 g/mol. The van der Waals surface area contributed by atoms with E-state index in [-0.39, 0.29) is 5.88 Å². The molecule has 3 heterocycles. The molecule has 1 aromatic carbocycles. The standard InChI is InChI=1S/C20H18BrN5O4S/c1-2-3-10-31-20-23-19-18(24-25-20)14-11-12(21)4-7-15(14)22-16(30-19)8-5-13-6-9-17(29-13)26(27)28/h4-9,11,16,22H,2-3,10H2,1H3/b8-5+/t16-/m1/s1. The van der Waals surface area contributed by atoms with Gasteiger partial charge in [-0.25, -0.2) is 0 Å². The minimum Gasteiger partial charge on any atom is -0.448 e. The number of ether oxygens (including phenoxy) is 1. The van der Waals surface area contributed by atoms with Crippen molar-refractivity contribution < 1.29 is 14.1 Å². The zero-order chi connectivity index (χ0) is 21.8. The van der Waals surface area contributed by atoms with Gasteiger partial charge < -0.3 is 14.5 Å². The summed E-state index contributed by atoms with van der Waals surface area (Å²) in [5.41, 5.74) is 2.14. The van der Waals surface area contributed by atoms with Crippen molar-refractivity contribution in [2.75, 3.05) is 11.1 Å². The molecule has 0 unspecified atom stereocenters. The molecule has 0 saturated heterocycles. The zero-order valence-corrected chi connectivity index (χ0v) is 18.9. The smallest absolute Gasteiger partial charge is 0.433 e. The summed E-state index contributed by atoms with van der Waals surface area (Å²) in [6, 6.07) is 8.56. The summed E-state index contributed by atoms with van der Waals surface area (Å²) in [7, 11) is 0. The second-order valence-corrected chi connectivity index (χ2v) is 8.59. The van der Waals surface area contributed by atoms with Crippen LogP contribution in [0.1, 0.15) is 25.5 Å². The van der Waals surface area contributed by atoms with Crippen molar-refractivity contribution in [3.8, 4) is 17.1 Å². The number of rotatable bonds is 7. The van der Waals surface area contributed by atoms with E-state index in [1.165, 1.54) is 23.9 Å². The van der Waals surface area contributed by atoms with Gasteiger partial charge in [0.05, 0.1) is 6.07 Å². The van der Waals surface area contributed by atoms with Gasteiger partial charge in [0.25, 0.3) is 0 Å². The second-order valence-electron chi connectivity index (χ2n) is 6.62. The summed E-state index contributed by atoms with van der Waals surface area (Å²) >= 11 is 5.03. The molecule has 0 amide bonds. The second kappa shape index (κ2) is 9.48. The summed E-state index contributed by atoms with van der Waals surface area (Å²) in [5.74, 6) is 1.28. The largest absolute Gasteiger partial charge is 0.448 e. The number of benzene rings is 1. The Morgan fingerprint density at radius 2 is 2.19 bits per heavy atom. The van der Waals surface area contributed by atoms with Gasteiger partial charge in [-0.15, -0.1) is 10.2 Å². The monoisotopic (exact) mass is 503 g/mol. The number of halogens is 1. The van der Waals surface area contributed by atoms with Crippen molar-refractivity contribution in [2.45, 2.75) is 31.1 Å². The minimum atomic E-state index is -0.601. The predicted molar refractivity (Wildman–Crippen MR) is 121 cm³/mol. The van der Waals surface area contributed by atoms with E-state index in [9.17, 15) is 10.1 Å². The summed E-state index contributed by atoms with van der Waals surface area (Å²) in [5, 5.41) is 23.3. The Balaban J connectivity index is 1.65. The van der Waals surface area contributed by atoms with E-state index in [4.69, 9.17) is 9.15 Å². The molecule has 0 bridgehead atoms. The van der Waals surface area contributed by atoms with Crippen molar-refractivity contribution >= 4 is 45.3 Å². The topological polar surface area (TPSA) is 116 Å². The molecule has 3 aromatic rings. The van der Waals surface area contributed by atoms with Crippen LogP contribution in [0.2, 0.25) is 0 Å². The molecule has 2 aromatic heterocycles. The van der Waals surface area contributed by atoms with E-state index in [2.05, 4.69) is 43.4 Å². The first-order valence-corrected chi connectivity index (χ1v) is 11.3. The third kappa shape index (κ3) is 5.05. The number of furan rings is 1. The molecule has 1 N–H and O–H groups in total. The quantitative estimate of drug-likeness (QED) is 0.192. The van der Waals surface area contributed by atoms with Crippen LogP contribution in [0.5, 0.6) is 5.88 Å². The highest BCUT2D eigenvalue weighted by molar-refractivity contribution is 9.10. The van der Waals surface area contributed by atoms with Crippen LogP contribution in [-0.2, 0) is 0 Å². The zero-order valence-electron chi connectivity index (χ0n) is 16.4. The van der Waals surface area contributed by atoms with Crippen LogP contribution in [0.25, 0.3) is 17.3 Å². The fraction of sp³-hybridized carbons (Fsp3) is 0.250. The number of fused-ring (bicyclic) bond motifs is 3. The van der Waals surface area contributed by atoms with Gasteiger partial charge in [-0.1, -0.05) is 41.0 Å². The number of aromatic nitrogens is 3. The predicted octanol–water partition coefficient (Wildman–Crippen LogP) is 5.54. The molecule has 0 saturated carbocycles. The maximum atomic E-state index is 10.8. The molecule has 0 spiro atoms. The van der Waals surface area contributed by atoms with Crippen molar-refractivity contribution in [3.63, 3.8) is 0 Å². The van der Waals surface area contributed by atoms with Crippen LogP contribution in [0, 0.1) is 10.1 Å². The SMILES string of the molecule is CCCCSc1nnc2c(n1)O[C@H](/C=C/c1ccc([N+](=O)[O-])o1)Nc1ccc(Br)cc1-2. The van der Waals surface area contributed by atoms with Gasteiger partial charge in [0.1, 0.15) is 10.7 Å². The van der Waals surface area contributed by atoms with Gasteiger partial charge in [0, 0.05) is 21.5 Å². The Morgan fingerprint density at radius 1 is 1.32 bits per heavy atom. The number of nitrogens with one attached hydrogen (secondary N) is 1. The number of thioether (sulfide) groups is 1. The van der Waals surface area contributed by atoms with Crippen LogP contribution in [0.4, 0.5) is 11.6 Å².